The van der Waals surface area contributed by atoms with Crippen molar-refractivity contribution in [2.45, 2.75) is 32.4 Å². The van der Waals surface area contributed by atoms with Gasteiger partial charge in [-0.25, -0.2) is 4.39 Å². The first-order valence-electron chi connectivity index (χ1n) is 12.3. The number of pyridine rings is 1. The molecule has 4 aromatic rings. The van der Waals surface area contributed by atoms with E-state index in [-0.39, 0.29) is 30.1 Å². The van der Waals surface area contributed by atoms with Gasteiger partial charge >= 0.3 is 0 Å². The van der Waals surface area contributed by atoms with Crippen LogP contribution in [-0.2, 0) is 4.79 Å². The molecule has 194 valence electrons. The molecule has 1 saturated heterocycles. The highest BCUT2D eigenvalue weighted by molar-refractivity contribution is 7.80. The first kappa shape index (κ1) is 25.9. The van der Waals surface area contributed by atoms with E-state index >= 15 is 0 Å². The average molecular weight is 548 g/mol. The molecule has 0 radical (unpaired) electrons. The number of halogens is 2. The van der Waals surface area contributed by atoms with Gasteiger partial charge in [0, 0.05) is 30.6 Å². The molecule has 1 aliphatic heterocycles. The zero-order chi connectivity index (χ0) is 26.8. The number of benzene rings is 2. The predicted molar refractivity (Wildman–Crippen MR) is 152 cm³/mol. The van der Waals surface area contributed by atoms with Crippen molar-refractivity contribution in [3.05, 3.63) is 112 Å². The minimum atomic E-state index is -0.473. The van der Waals surface area contributed by atoms with E-state index < -0.39 is 5.82 Å². The van der Waals surface area contributed by atoms with Crippen LogP contribution in [0.4, 0.5) is 10.1 Å². The smallest absolute Gasteiger partial charge is 0.226 e. The standard InChI is InChI=1S/C29H27ClFN5OS/c1-18-17-20(19(2)36(18)25-13-6-3-9-21(25)30)28-27(24-12-7-8-15-32-24)34-29(38)35(28)16-14-26(37)33-23-11-5-4-10-22(23)31/h3-13,15,17,27-28H,14,16H2,1-2H3,(H,33,37)(H,34,38)/t27-,28+/m1/s1. The molecule has 0 saturated carbocycles. The third-order valence-electron chi connectivity index (χ3n) is 6.81. The number of nitrogens with zero attached hydrogens (tertiary/aromatic N) is 3. The molecule has 3 heterocycles. The first-order chi connectivity index (χ1) is 18.3. The van der Waals surface area contributed by atoms with Crippen LogP contribution in [0.2, 0.25) is 5.02 Å². The van der Waals surface area contributed by atoms with E-state index in [1.807, 2.05) is 54.3 Å². The Morgan fingerprint density at radius 2 is 1.84 bits per heavy atom. The van der Waals surface area contributed by atoms with Crippen LogP contribution >= 0.6 is 23.8 Å². The van der Waals surface area contributed by atoms with Gasteiger partial charge in [0.15, 0.2) is 5.11 Å². The van der Waals surface area contributed by atoms with Gasteiger partial charge in [-0.15, -0.1) is 0 Å². The summed E-state index contributed by atoms with van der Waals surface area (Å²) in [6, 6.07) is 21.3. The first-order valence-corrected chi connectivity index (χ1v) is 13.1. The third-order valence-corrected chi connectivity index (χ3v) is 7.48. The molecule has 0 unspecified atom stereocenters. The maximum atomic E-state index is 14.1. The summed E-state index contributed by atoms with van der Waals surface area (Å²) < 4.78 is 16.2. The van der Waals surface area contributed by atoms with Crippen molar-refractivity contribution in [3.63, 3.8) is 0 Å². The van der Waals surface area contributed by atoms with Gasteiger partial charge in [-0.1, -0.05) is 41.9 Å². The summed E-state index contributed by atoms with van der Waals surface area (Å²) in [5.74, 6) is -0.765. The van der Waals surface area contributed by atoms with Crippen molar-refractivity contribution in [1.82, 2.24) is 19.8 Å². The number of thiocarbonyl (C=S) groups is 1. The largest absolute Gasteiger partial charge is 0.352 e. The molecule has 0 aliphatic carbocycles. The molecule has 5 rings (SSSR count). The Kier molecular flexibility index (Phi) is 7.44. The maximum Gasteiger partial charge on any atom is 0.226 e. The lowest BCUT2D eigenvalue weighted by molar-refractivity contribution is -0.116. The monoisotopic (exact) mass is 547 g/mol. The molecular weight excluding hydrogens is 521 g/mol. The lowest BCUT2D eigenvalue weighted by atomic mass is 9.96. The molecule has 0 bridgehead atoms. The Bertz CT molecular complexity index is 1490. The van der Waals surface area contributed by atoms with Crippen LogP contribution < -0.4 is 10.6 Å². The van der Waals surface area contributed by atoms with Crippen LogP contribution in [0.5, 0.6) is 0 Å². The Balaban J connectivity index is 1.48. The number of carbonyl (C=O) groups is 1. The van der Waals surface area contributed by atoms with E-state index in [9.17, 15) is 9.18 Å². The molecule has 1 fully saturated rings. The quantitative estimate of drug-likeness (QED) is 0.267. The van der Waals surface area contributed by atoms with Gasteiger partial charge in [0.05, 0.1) is 34.2 Å². The number of hydrogen-bond donors (Lipinski definition) is 2. The van der Waals surface area contributed by atoms with E-state index in [4.69, 9.17) is 23.8 Å². The SMILES string of the molecule is Cc1cc([C@H]2[C@@H](c3ccccn3)NC(=S)N2CCC(=O)Nc2ccccc2F)c(C)n1-c1ccccc1Cl. The molecule has 2 atom stereocenters. The zero-order valence-corrected chi connectivity index (χ0v) is 22.6. The molecule has 6 nitrogen and oxygen atoms in total. The minimum Gasteiger partial charge on any atom is -0.352 e. The second kappa shape index (κ2) is 10.9. The number of amides is 1. The van der Waals surface area contributed by atoms with Crippen molar-refractivity contribution in [2.24, 2.45) is 0 Å². The van der Waals surface area contributed by atoms with E-state index in [0.717, 1.165) is 28.3 Å². The highest BCUT2D eigenvalue weighted by Crippen LogP contribution is 2.42. The highest BCUT2D eigenvalue weighted by Gasteiger charge is 2.41. The van der Waals surface area contributed by atoms with Crippen LogP contribution in [0.3, 0.4) is 0 Å². The Hall–Kier alpha value is -3.75. The fraction of sp³-hybridized carbons (Fsp3) is 0.207. The highest BCUT2D eigenvalue weighted by atomic mass is 35.5. The summed E-state index contributed by atoms with van der Waals surface area (Å²) in [5.41, 5.74) is 5.01. The number of aromatic nitrogens is 2. The molecule has 2 N–H and O–H groups in total. The molecule has 38 heavy (non-hydrogen) atoms. The van der Waals surface area contributed by atoms with Crippen LogP contribution in [0.15, 0.2) is 79.0 Å². The Labute approximate surface area is 231 Å². The number of para-hydroxylation sites is 2. The van der Waals surface area contributed by atoms with Crippen LogP contribution in [-0.4, -0.2) is 32.0 Å². The van der Waals surface area contributed by atoms with Crippen molar-refractivity contribution < 1.29 is 9.18 Å². The number of nitrogens with one attached hydrogen (secondary N) is 2. The van der Waals surface area contributed by atoms with Crippen LogP contribution in [0, 0.1) is 19.7 Å². The molecular formula is C29H27ClFN5OS. The summed E-state index contributed by atoms with van der Waals surface area (Å²) in [6.07, 6.45) is 1.89. The molecule has 1 amide bonds. The fourth-order valence-corrected chi connectivity index (χ4v) is 5.63. The summed E-state index contributed by atoms with van der Waals surface area (Å²) in [5, 5.41) is 7.28. The molecule has 1 aliphatic rings. The van der Waals surface area contributed by atoms with E-state index in [1.54, 1.807) is 24.4 Å². The maximum absolute atomic E-state index is 14.1. The van der Waals surface area contributed by atoms with Gasteiger partial charge in [0.2, 0.25) is 5.91 Å². The normalized spacial score (nSPS) is 16.9. The molecule has 2 aromatic carbocycles. The second-order valence-electron chi connectivity index (χ2n) is 9.21. The third kappa shape index (κ3) is 5.01. The van der Waals surface area contributed by atoms with Gasteiger partial charge < -0.3 is 20.1 Å². The van der Waals surface area contributed by atoms with Crippen LogP contribution in [0.1, 0.15) is 41.1 Å². The number of hydrogen-bond acceptors (Lipinski definition) is 3. The number of aryl methyl sites for hydroxylation is 1. The average Bonchev–Trinajstić information content (AvgIpc) is 3.39. The van der Waals surface area contributed by atoms with Gasteiger partial charge in [-0.2, -0.15) is 0 Å². The molecule has 0 spiro atoms. The minimum absolute atomic E-state index is 0.130. The van der Waals surface area contributed by atoms with Crippen LogP contribution in [0.25, 0.3) is 5.69 Å². The number of rotatable bonds is 7. The number of anilines is 1. The van der Waals surface area contributed by atoms with Gasteiger partial charge in [-0.3, -0.25) is 9.78 Å². The summed E-state index contributed by atoms with van der Waals surface area (Å²) in [7, 11) is 0. The Morgan fingerprint density at radius 3 is 2.58 bits per heavy atom. The Morgan fingerprint density at radius 1 is 1.11 bits per heavy atom. The van der Waals surface area contributed by atoms with E-state index in [0.29, 0.717) is 16.7 Å². The van der Waals surface area contributed by atoms with Gasteiger partial charge in [0.25, 0.3) is 0 Å². The summed E-state index contributed by atoms with van der Waals surface area (Å²) in [4.78, 5) is 19.4. The van der Waals surface area contributed by atoms with Crippen molar-refractivity contribution in [2.75, 3.05) is 11.9 Å². The van der Waals surface area contributed by atoms with Gasteiger partial charge in [-0.05, 0) is 74.1 Å². The summed E-state index contributed by atoms with van der Waals surface area (Å²) >= 11 is 12.3. The zero-order valence-electron chi connectivity index (χ0n) is 21.0. The second-order valence-corrected chi connectivity index (χ2v) is 10.0. The lowest BCUT2D eigenvalue weighted by Crippen LogP contribution is -2.33. The van der Waals surface area contributed by atoms with Crippen molar-refractivity contribution in [1.29, 1.82) is 0 Å². The van der Waals surface area contributed by atoms with Crippen molar-refractivity contribution >= 4 is 40.5 Å². The number of carbonyl (C=O) groups excluding carboxylic acids is 1. The predicted octanol–water partition coefficient (Wildman–Crippen LogP) is 6.28. The van der Waals surface area contributed by atoms with Crippen molar-refractivity contribution in [3.8, 4) is 5.69 Å². The van der Waals surface area contributed by atoms with E-state index in [2.05, 4.69) is 33.2 Å². The molecule has 2 aromatic heterocycles. The topological polar surface area (TPSA) is 62.2 Å². The van der Waals surface area contributed by atoms with E-state index in [1.165, 1.54) is 6.07 Å². The van der Waals surface area contributed by atoms with Gasteiger partial charge in [0.1, 0.15) is 5.82 Å². The summed E-state index contributed by atoms with van der Waals surface area (Å²) in [6.45, 7) is 4.45. The fourth-order valence-electron chi connectivity index (χ4n) is 5.07. The molecule has 9 heteroatoms. The lowest BCUT2D eigenvalue weighted by Gasteiger charge is -2.28.